The molecule has 0 N–H and O–H groups in total. The summed E-state index contributed by atoms with van der Waals surface area (Å²) in [6, 6.07) is -11.9. The van der Waals surface area contributed by atoms with Gasteiger partial charge in [0.2, 0.25) is 0 Å². The first kappa shape index (κ1) is 46.4. The average molecular weight is 1700 g/mol. The van der Waals surface area contributed by atoms with Gasteiger partial charge in [0.15, 0.2) is 0 Å². The average Bonchev–Trinajstić information content (AvgIpc) is 1.69. The maximum atomic E-state index is 10.1. The van der Waals surface area contributed by atoms with Crippen molar-refractivity contribution < 1.29 is 57.6 Å². The summed E-state index contributed by atoms with van der Waals surface area (Å²) >= 11 is 19.2. The van der Waals surface area contributed by atoms with Crippen molar-refractivity contribution in [1.29, 1.82) is 0 Å². The minimum Gasteiger partial charge on any atom is -0.310 e. The fourth-order valence-corrected chi connectivity index (χ4v) is 14.4. The summed E-state index contributed by atoms with van der Waals surface area (Å²) in [7, 11) is 0. The molecule has 115 heavy (non-hydrogen) atoms. The lowest BCUT2D eigenvalue weighted by Gasteiger charge is -2.31. The van der Waals surface area contributed by atoms with Crippen LogP contribution in [-0.2, 0) is 49.7 Å². The number of hydrogen-bond donors (Lipinski definition) is 0. The first-order valence-electron chi connectivity index (χ1n) is 58.3. The molecule has 7 heteroatoms. The van der Waals surface area contributed by atoms with Crippen molar-refractivity contribution in [3.63, 3.8) is 0 Å². The SMILES string of the molecule is [2H]c1c([2H])c([2H])c(C(C)(C)c2c([2H])c([2H])c([2H])c(N(c3cc(Cl)cc(Cc4c([2H])c([2H])c(C(C)(C)C)c([2H])c4[2H])c3)c3c([2H])c([2H])c(C(C)(C)C)c([2H])c3[2H])c2[2H])c([2H])c1[2H].[2H]c1sc2c([2H])c([2H])c(C(C)(C)C)c([2H])c2c1Br.[2H]c1sc2c([2H])c([2H])c(C(C)(C)C)c([2H])c2c1N(c1cc(Cl)cc(C(c2c([2H])c([2H])c(C(C)(C)C)c([2H])c2[2H])c2c([2H])c([2H])c([2H])c(C(C)(C)c3c([2H])c([2H])c([2H])c([2H])c3[2H])c2[2H])c1)c1c([2H])c([2H])c(C(C)(C)C)c([2H])c1[2H]. The van der Waals surface area contributed by atoms with Gasteiger partial charge < -0.3 is 9.80 Å². The van der Waals surface area contributed by atoms with Crippen molar-refractivity contribution in [2.24, 2.45) is 0 Å². The van der Waals surface area contributed by atoms with Gasteiger partial charge in [-0.25, -0.2) is 0 Å². The zero-order valence-electron chi connectivity index (χ0n) is 111. The minimum absolute atomic E-state index is 0.0145. The standard InChI is InChI=1S/C54H58ClNS.C42H46ClN.C12H13BrS/c1-51(2,3)39-22-20-36(21-23-39)50(37-16-15-19-43(30-37)54(10,11)41-17-13-12-14-18-41)38-31-44(55)34-46(32-38)56(45-27-24-40(25-28-45)52(4,5)6)48-35-57-49-29-26-42(33-47(48)49)53(7,8)9;1-40(2,3)32-19-17-30(18-20-32)25-31-26-36(43)29-39(27-31)44(37-23-21-33(22-24-37)41(4,5)6)38-16-12-15-35(28-38)42(7,8)34-13-10-9-11-14-34;1-12(2,3)8-4-5-11-9(6-8)10(13)7-14-11/h12-35,50H,1-11H3;9-24,26-29H,25H2,1-8H3;4-7H,1-3H3/i12D,13D,14D,15D,16D,17D,18D,19D,20D,21D,22D,23D,24D,25D,26D,27D,28D,29D,30D,33D,35D;9D,10D,11D,12D,13D,14D,15D,16D,17D,18D,19D,20D,21D,22D,23D,24D,28D;4D,5D,6D,7D. The third-order valence-corrected chi connectivity index (χ3v) is 21.8. The van der Waals surface area contributed by atoms with Crippen LogP contribution >= 0.6 is 61.8 Å². The fraction of sp³-hybridized carbons (Fsp3) is 0.296. The highest BCUT2D eigenvalue weighted by Crippen LogP contribution is 2.49. The van der Waals surface area contributed by atoms with Crippen molar-refractivity contribution >= 4 is 116 Å². The Kier molecular flexibility index (Phi) is 13.7. The molecule has 1 atom stereocenters. The van der Waals surface area contributed by atoms with Crippen LogP contribution in [-0.4, -0.2) is 0 Å². The molecule has 2 aromatic heterocycles. The number of rotatable bonds is 15. The van der Waals surface area contributed by atoms with Gasteiger partial charge in [0, 0.05) is 90.6 Å². The highest BCUT2D eigenvalue weighted by atomic mass is 79.9. The van der Waals surface area contributed by atoms with E-state index in [0.29, 0.717) is 31.0 Å². The molecule has 0 spiro atoms. The number of nitrogens with zero attached hydrogens (tertiary/aromatic N) is 2. The van der Waals surface area contributed by atoms with Crippen LogP contribution in [0.1, 0.15) is 299 Å². The van der Waals surface area contributed by atoms with Gasteiger partial charge in [0.05, 0.1) is 63.3 Å². The predicted octanol–water partition coefficient (Wildman–Crippen LogP) is 33.7. The number of benzene rings is 12. The van der Waals surface area contributed by atoms with Crippen molar-refractivity contribution in [3.05, 3.63) is 387 Å². The second-order valence-corrected chi connectivity index (χ2v) is 38.5. The molecule has 0 amide bonds. The van der Waals surface area contributed by atoms with Crippen molar-refractivity contribution in [1.82, 2.24) is 0 Å². The van der Waals surface area contributed by atoms with E-state index in [1.54, 1.807) is 104 Å². The largest absolute Gasteiger partial charge is 0.310 e. The zero-order chi connectivity index (χ0) is 120. The van der Waals surface area contributed by atoms with E-state index in [1.807, 2.05) is 20.8 Å². The van der Waals surface area contributed by atoms with E-state index in [2.05, 4.69) is 15.9 Å². The smallest absolute Gasteiger partial charge is 0.0762 e. The normalized spacial score (nSPS) is 17.9. The van der Waals surface area contributed by atoms with Crippen molar-refractivity contribution in [3.8, 4) is 0 Å². The van der Waals surface area contributed by atoms with E-state index < -0.39 is 259 Å². The van der Waals surface area contributed by atoms with Crippen LogP contribution in [0.3, 0.4) is 0 Å². The van der Waals surface area contributed by atoms with Gasteiger partial charge in [0.1, 0.15) is 0 Å². The van der Waals surface area contributed by atoms with Crippen LogP contribution in [0.4, 0.5) is 34.1 Å². The van der Waals surface area contributed by atoms with Gasteiger partial charge in [-0.15, -0.1) is 22.7 Å². The molecule has 0 bridgehead atoms. The molecule has 1 unspecified atom stereocenters. The molecule has 0 fully saturated rings. The summed E-state index contributed by atoms with van der Waals surface area (Å²) in [4.78, 5) is 2.25. The van der Waals surface area contributed by atoms with Gasteiger partial charge in [0.25, 0.3) is 0 Å². The molecule has 0 radical (unpaired) electrons. The maximum Gasteiger partial charge on any atom is 0.0762 e. The molecule has 14 aromatic rings. The van der Waals surface area contributed by atoms with Gasteiger partial charge in [-0.2, -0.15) is 0 Å². The second kappa shape index (κ2) is 34.0. The molecule has 0 aliphatic heterocycles. The summed E-state index contributed by atoms with van der Waals surface area (Å²) in [6.45, 7) is 37.4. The Balaban J connectivity index is 0.000000243. The van der Waals surface area contributed by atoms with Crippen LogP contribution in [0.2, 0.25) is 10.0 Å². The summed E-state index contributed by atoms with van der Waals surface area (Å²) in [5.74, 6) is -1.84. The van der Waals surface area contributed by atoms with Gasteiger partial charge >= 0.3 is 0 Å². The first-order chi connectivity index (χ1) is 71.5. The molecule has 2 heterocycles. The number of thiophene rings is 2. The highest BCUT2D eigenvalue weighted by molar-refractivity contribution is 9.10. The molecular weight excluding hydrogens is 1540 g/mol. The van der Waals surface area contributed by atoms with E-state index in [9.17, 15) is 26.0 Å². The molecule has 592 valence electrons. The van der Waals surface area contributed by atoms with Crippen molar-refractivity contribution in [2.45, 2.75) is 208 Å². The van der Waals surface area contributed by atoms with Crippen LogP contribution in [0.5, 0.6) is 0 Å². The van der Waals surface area contributed by atoms with E-state index in [4.69, 9.17) is 54.7 Å². The zero-order valence-corrected chi connectivity index (χ0v) is 73.3. The number of fused-ring (bicyclic) bond motifs is 2. The second-order valence-electron chi connectivity index (χ2n) is 35.2. The number of hydrogen-bond acceptors (Lipinski definition) is 4. The Morgan fingerprint density at radius 2 is 0.704 bits per heavy atom. The summed E-state index contributed by atoms with van der Waals surface area (Å²) < 4.78 is 380. The monoisotopic (exact) mass is 1700 g/mol. The van der Waals surface area contributed by atoms with E-state index >= 15 is 0 Å². The van der Waals surface area contributed by atoms with E-state index in [0.717, 1.165) is 27.6 Å². The Bertz CT molecular complexity index is 8180. The Morgan fingerprint density at radius 3 is 1.20 bits per heavy atom. The highest BCUT2D eigenvalue weighted by Gasteiger charge is 2.31. The molecule has 0 saturated heterocycles. The lowest BCUT2D eigenvalue weighted by Crippen LogP contribution is -2.20. The number of halogens is 3. The molecule has 0 saturated carbocycles. The molecule has 2 nitrogen and oxygen atoms in total. The minimum atomic E-state index is -1.89. The summed E-state index contributed by atoms with van der Waals surface area (Å²) in [6.07, 6.45) is -0.219. The topological polar surface area (TPSA) is 6.48 Å². The third kappa shape index (κ3) is 20.3. The van der Waals surface area contributed by atoms with E-state index in [-0.39, 0.29) is 170 Å². The number of anilines is 6. The van der Waals surface area contributed by atoms with Crippen molar-refractivity contribution in [2.75, 3.05) is 9.80 Å². The summed E-state index contributed by atoms with van der Waals surface area (Å²) in [5, 5.41) is 0.351. The van der Waals surface area contributed by atoms with Crippen LogP contribution in [0.15, 0.2) is 293 Å². The first-order valence-corrected chi connectivity index (χ1v) is 40.4. The van der Waals surface area contributed by atoms with Crippen LogP contribution in [0, 0.1) is 0 Å². The quantitative estimate of drug-likeness (QED) is 0.0944. The molecule has 14 rings (SSSR count). The molecule has 0 aliphatic carbocycles. The fourth-order valence-electron chi connectivity index (χ4n) is 11.8. The Labute approximate surface area is 774 Å². The lowest BCUT2D eigenvalue weighted by atomic mass is 9.75. The molecular formula is C108H117BrCl2N2S2. The van der Waals surface area contributed by atoms with Gasteiger partial charge in [-0.05, 0) is 235 Å². The Hall–Kier alpha value is -8.78. The lowest BCUT2D eigenvalue weighted by molar-refractivity contribution is 0.589. The molecule has 12 aromatic carbocycles. The van der Waals surface area contributed by atoms with Gasteiger partial charge in [-0.3, -0.25) is 0 Å². The predicted molar refractivity (Wildman–Crippen MR) is 510 cm³/mol. The third-order valence-electron chi connectivity index (χ3n) is 18.9. The molecule has 0 aliphatic rings. The van der Waals surface area contributed by atoms with Gasteiger partial charge in [-0.1, -0.05) is 357 Å². The summed E-state index contributed by atoms with van der Waals surface area (Å²) in [5.41, 5.74) is -11.3. The van der Waals surface area contributed by atoms with Crippen LogP contribution < -0.4 is 9.80 Å². The van der Waals surface area contributed by atoms with Crippen LogP contribution in [0.25, 0.3) is 20.2 Å². The maximum absolute atomic E-state index is 10.1. The van der Waals surface area contributed by atoms with E-state index in [1.165, 1.54) is 69.0 Å². The Morgan fingerprint density at radius 1 is 0.304 bits per heavy atom.